The molecule has 1 aliphatic rings. The van der Waals surface area contributed by atoms with Gasteiger partial charge in [0.2, 0.25) is 11.2 Å². The van der Waals surface area contributed by atoms with Gasteiger partial charge in [-0.1, -0.05) is 30.0 Å². The van der Waals surface area contributed by atoms with Gasteiger partial charge in [-0.2, -0.15) is 0 Å². The van der Waals surface area contributed by atoms with E-state index in [1.54, 1.807) is 36.7 Å². The van der Waals surface area contributed by atoms with E-state index in [1.807, 2.05) is 28.8 Å². The predicted octanol–water partition coefficient (Wildman–Crippen LogP) is 6.88. The van der Waals surface area contributed by atoms with Gasteiger partial charge in [-0.15, -0.1) is 0 Å². The maximum atomic E-state index is 15.6. The van der Waals surface area contributed by atoms with E-state index in [-0.39, 0.29) is 52.7 Å². The molecule has 4 heterocycles. The van der Waals surface area contributed by atoms with Crippen molar-refractivity contribution in [3.63, 3.8) is 0 Å². The highest BCUT2D eigenvalue weighted by Gasteiger charge is 2.23. The van der Waals surface area contributed by atoms with E-state index in [0.717, 1.165) is 29.7 Å². The minimum atomic E-state index is -1.06. The number of carboxylic acid groups (broad SMARTS) is 1. The number of fused-ring (bicyclic) bond motifs is 1. The zero-order valence-corrected chi connectivity index (χ0v) is 26.5. The summed E-state index contributed by atoms with van der Waals surface area (Å²) >= 11 is 5.71. The van der Waals surface area contributed by atoms with E-state index in [9.17, 15) is 9.90 Å². The number of hydrogen-bond acceptors (Lipinski definition) is 7. The molecule has 3 aromatic heterocycles. The summed E-state index contributed by atoms with van der Waals surface area (Å²) in [5.41, 5.74) is 3.87. The van der Waals surface area contributed by atoms with Crippen molar-refractivity contribution in [2.45, 2.75) is 32.1 Å². The average molecular weight is 678 g/mol. The number of ether oxygens (including phenoxy) is 2. The molecule has 0 bridgehead atoms. The first kappa shape index (κ1) is 31.9. The molecule has 0 saturated carbocycles. The quantitative estimate of drug-likeness (QED) is 0.130. The molecule has 7 rings (SSSR count). The van der Waals surface area contributed by atoms with Gasteiger partial charge in [0.1, 0.15) is 24.1 Å². The highest BCUT2D eigenvalue weighted by Crippen LogP contribution is 2.29. The second-order valence-electron chi connectivity index (χ2n) is 11.4. The lowest BCUT2D eigenvalue weighted by molar-refractivity contribution is -0.0589. The maximum Gasteiger partial charge on any atom is 0.335 e. The molecule has 1 N–H and O–H groups in total. The molecule has 1 saturated heterocycles. The molecular weight excluding hydrogens is 652 g/mol. The van der Waals surface area contributed by atoms with Crippen molar-refractivity contribution in [3.05, 3.63) is 136 Å². The predicted molar refractivity (Wildman–Crippen MR) is 177 cm³/mol. The van der Waals surface area contributed by atoms with Crippen LogP contribution in [0.15, 0.2) is 85.2 Å². The molecule has 6 aromatic rings. The Morgan fingerprint density at radius 2 is 1.76 bits per heavy atom. The second kappa shape index (κ2) is 13.8. The van der Waals surface area contributed by atoms with Crippen molar-refractivity contribution >= 4 is 28.6 Å². The van der Waals surface area contributed by atoms with Gasteiger partial charge in [-0.25, -0.2) is 33.5 Å². The Morgan fingerprint density at radius 1 is 0.980 bits per heavy atom. The van der Waals surface area contributed by atoms with Crippen LogP contribution in [-0.2, 0) is 24.3 Å². The minimum Gasteiger partial charge on any atom is -0.478 e. The van der Waals surface area contributed by atoms with Gasteiger partial charge in [0.15, 0.2) is 0 Å². The van der Waals surface area contributed by atoms with Crippen LogP contribution in [0.2, 0.25) is 5.28 Å². The number of aromatic carboxylic acids is 1. The first-order valence-electron chi connectivity index (χ1n) is 15.3. The highest BCUT2D eigenvalue weighted by molar-refractivity contribution is 6.28. The van der Waals surface area contributed by atoms with Crippen LogP contribution in [0, 0.1) is 23.5 Å². The van der Waals surface area contributed by atoms with Crippen LogP contribution in [0.4, 0.5) is 8.78 Å². The Hall–Kier alpha value is -5.70. The number of benzene rings is 3. The molecule has 0 radical (unpaired) electrons. The summed E-state index contributed by atoms with van der Waals surface area (Å²) in [4.78, 5) is 28.5. The Morgan fingerprint density at radius 3 is 2.49 bits per heavy atom. The Labute approximate surface area is 284 Å². The van der Waals surface area contributed by atoms with Crippen molar-refractivity contribution < 1.29 is 28.2 Å². The molecule has 12 heteroatoms. The smallest absolute Gasteiger partial charge is 0.335 e. The molecule has 0 spiro atoms. The topological polar surface area (TPSA) is 112 Å². The summed E-state index contributed by atoms with van der Waals surface area (Å²) in [6, 6.07) is 19.3. The largest absolute Gasteiger partial charge is 0.478 e. The number of aromatic nitrogens is 5. The summed E-state index contributed by atoms with van der Waals surface area (Å²) < 4.78 is 44.4. The third-order valence-electron chi connectivity index (χ3n) is 8.05. The van der Waals surface area contributed by atoms with Crippen molar-refractivity contribution in [1.82, 2.24) is 24.5 Å². The van der Waals surface area contributed by atoms with Crippen LogP contribution >= 0.6 is 11.6 Å². The zero-order valence-electron chi connectivity index (χ0n) is 25.7. The molecule has 0 amide bonds. The van der Waals surface area contributed by atoms with Crippen LogP contribution in [0.5, 0.6) is 5.88 Å². The summed E-state index contributed by atoms with van der Waals surface area (Å²) in [6.07, 6.45) is 3.86. The van der Waals surface area contributed by atoms with E-state index in [1.165, 1.54) is 12.1 Å². The summed E-state index contributed by atoms with van der Waals surface area (Å²) in [7, 11) is 0. The van der Waals surface area contributed by atoms with Gasteiger partial charge < -0.3 is 19.1 Å². The first-order valence-corrected chi connectivity index (χ1v) is 15.7. The van der Waals surface area contributed by atoms with E-state index in [0.29, 0.717) is 35.6 Å². The van der Waals surface area contributed by atoms with Gasteiger partial charge in [0.05, 0.1) is 40.5 Å². The molecule has 1 fully saturated rings. The highest BCUT2D eigenvalue weighted by atomic mass is 35.5. The maximum absolute atomic E-state index is 15.6. The van der Waals surface area contributed by atoms with Crippen LogP contribution < -0.4 is 4.74 Å². The normalized spacial score (nSPS) is 13.8. The fraction of sp³-hybridized carbons (Fsp3) is 0.162. The van der Waals surface area contributed by atoms with E-state index in [4.69, 9.17) is 21.1 Å². The fourth-order valence-electron chi connectivity index (χ4n) is 5.37. The van der Waals surface area contributed by atoms with E-state index < -0.39 is 17.6 Å². The zero-order chi connectivity index (χ0) is 33.9. The van der Waals surface area contributed by atoms with E-state index >= 15 is 8.78 Å². The third kappa shape index (κ3) is 7.26. The lowest BCUT2D eigenvalue weighted by Crippen LogP contribution is -2.31. The van der Waals surface area contributed by atoms with Crippen molar-refractivity contribution in [1.29, 1.82) is 0 Å². The van der Waals surface area contributed by atoms with Gasteiger partial charge in [-0.05, 0) is 77.7 Å². The molecule has 3 aromatic carbocycles. The number of carbonyl (C=O) groups is 1. The van der Waals surface area contributed by atoms with Gasteiger partial charge >= 0.3 is 5.97 Å². The van der Waals surface area contributed by atoms with Gasteiger partial charge in [0, 0.05) is 42.6 Å². The summed E-state index contributed by atoms with van der Waals surface area (Å²) in [6.45, 7) is 1.26. The summed E-state index contributed by atoms with van der Waals surface area (Å²) in [5.74, 6) is 4.40. The van der Waals surface area contributed by atoms with Crippen molar-refractivity contribution in [3.8, 4) is 29.0 Å². The van der Waals surface area contributed by atoms with Crippen molar-refractivity contribution in [2.75, 3.05) is 6.61 Å². The third-order valence-corrected chi connectivity index (χ3v) is 8.25. The number of imidazole rings is 1. The molecule has 1 aliphatic heterocycles. The van der Waals surface area contributed by atoms with Crippen molar-refractivity contribution in [2.24, 2.45) is 0 Å². The van der Waals surface area contributed by atoms with Crippen LogP contribution in [0.1, 0.15) is 44.9 Å². The SMILES string of the molecule is O=C(O)c1ccc2nc(Cc3cc(F)c(-c4cccc(OCc5ccc(C#Cc6cnc(Cl)nc6)cc5)n4)cc3F)n(CC3CCO3)c2c1. The van der Waals surface area contributed by atoms with Crippen LogP contribution in [-0.4, -0.2) is 48.3 Å². The number of nitrogens with zero attached hydrogens (tertiary/aromatic N) is 5. The number of halogens is 3. The number of carboxylic acids is 1. The average Bonchev–Trinajstić information content (AvgIpc) is 3.43. The van der Waals surface area contributed by atoms with E-state index in [2.05, 4.69) is 31.8 Å². The molecular formula is C37H26ClF2N5O4. The minimum absolute atomic E-state index is 0.0106. The number of pyridine rings is 1. The lowest BCUT2D eigenvalue weighted by atomic mass is 10.0. The lowest BCUT2D eigenvalue weighted by Gasteiger charge is -2.27. The fourth-order valence-corrected chi connectivity index (χ4v) is 5.47. The molecule has 244 valence electrons. The summed E-state index contributed by atoms with van der Waals surface area (Å²) in [5, 5.41) is 9.65. The molecule has 9 nitrogen and oxygen atoms in total. The Kier molecular flexibility index (Phi) is 8.98. The molecule has 0 aliphatic carbocycles. The number of hydrogen-bond donors (Lipinski definition) is 1. The van der Waals surface area contributed by atoms with Crippen LogP contribution in [0.3, 0.4) is 0 Å². The second-order valence-corrected chi connectivity index (χ2v) is 11.7. The Balaban J connectivity index is 1.06. The molecule has 49 heavy (non-hydrogen) atoms. The van der Waals surface area contributed by atoms with Gasteiger partial charge in [-0.3, -0.25) is 0 Å². The number of rotatable bonds is 9. The first-order chi connectivity index (χ1) is 23.8. The van der Waals surface area contributed by atoms with Crippen LogP contribution in [0.25, 0.3) is 22.3 Å². The monoisotopic (exact) mass is 677 g/mol. The molecule has 1 unspecified atom stereocenters. The molecule has 1 atom stereocenters. The van der Waals surface area contributed by atoms with Gasteiger partial charge in [0.25, 0.3) is 0 Å². The standard InChI is InChI=1S/C37H26ClF2N5O4/c38-37-41-18-24(19-42-37)9-6-22-4-7-23(8-5-22)21-49-35-3-1-2-31(44-35)28-17-29(39)26(14-30(28)40)16-34-43-32-11-10-25(36(46)47)15-33(32)45(34)20-27-12-13-48-27/h1-5,7-8,10-11,14-15,17-19,27H,12-13,16,20-21H2,(H,46,47). The Bertz CT molecular complexity index is 2240.